The molecule has 1 aliphatic heterocycles. The summed E-state index contributed by atoms with van der Waals surface area (Å²) < 4.78 is 2.04. The van der Waals surface area contributed by atoms with Gasteiger partial charge in [0.05, 0.1) is 5.69 Å². The van der Waals surface area contributed by atoms with Gasteiger partial charge in [0.15, 0.2) is 0 Å². The molecular weight excluding hydrogens is 188 g/mol. The number of hydrogen-bond donors (Lipinski definition) is 2. The average molecular weight is 208 g/mol. The fraction of sp³-hybridized carbons (Fsp3) is 0.727. The standard InChI is InChI=1S/C11H20N4/c1-4-6-9-7-12-10-8(3)14-15(5-2)11(10)13-9/h9,12-13H,4-7H2,1-3H3. The zero-order valence-electron chi connectivity index (χ0n) is 9.80. The van der Waals surface area contributed by atoms with E-state index in [0.29, 0.717) is 6.04 Å². The van der Waals surface area contributed by atoms with E-state index in [4.69, 9.17) is 0 Å². The number of nitrogens with zero attached hydrogens (tertiary/aromatic N) is 2. The SMILES string of the molecule is CCCC1CNc2c(C)nn(CC)c2N1. The predicted octanol–water partition coefficient (Wildman–Crippen LogP) is 2.22. The van der Waals surface area contributed by atoms with Gasteiger partial charge in [0.25, 0.3) is 0 Å². The van der Waals surface area contributed by atoms with Gasteiger partial charge in [-0.2, -0.15) is 5.10 Å². The highest BCUT2D eigenvalue weighted by Gasteiger charge is 2.22. The van der Waals surface area contributed by atoms with Crippen LogP contribution in [0.4, 0.5) is 11.5 Å². The van der Waals surface area contributed by atoms with Crippen LogP contribution in [0.2, 0.25) is 0 Å². The van der Waals surface area contributed by atoms with Gasteiger partial charge in [0.2, 0.25) is 0 Å². The second kappa shape index (κ2) is 4.13. The molecule has 2 heterocycles. The first-order chi connectivity index (χ1) is 7.26. The second-order valence-corrected chi connectivity index (χ2v) is 4.14. The highest BCUT2D eigenvalue weighted by molar-refractivity contribution is 5.70. The van der Waals surface area contributed by atoms with Crippen LogP contribution in [0, 0.1) is 6.92 Å². The van der Waals surface area contributed by atoms with E-state index < -0.39 is 0 Å². The van der Waals surface area contributed by atoms with Gasteiger partial charge in [-0.05, 0) is 20.3 Å². The number of aryl methyl sites for hydroxylation is 2. The van der Waals surface area contributed by atoms with Crippen molar-refractivity contribution in [1.82, 2.24) is 9.78 Å². The van der Waals surface area contributed by atoms with E-state index >= 15 is 0 Å². The molecule has 84 valence electrons. The molecule has 0 saturated heterocycles. The molecule has 1 aliphatic rings. The average Bonchev–Trinajstić information content (AvgIpc) is 2.56. The molecule has 1 aromatic rings. The Morgan fingerprint density at radius 1 is 1.47 bits per heavy atom. The number of aromatic nitrogens is 2. The molecule has 0 aromatic carbocycles. The Labute approximate surface area is 91.1 Å². The molecule has 1 unspecified atom stereocenters. The van der Waals surface area contributed by atoms with Crippen LogP contribution < -0.4 is 10.6 Å². The first-order valence-electron chi connectivity index (χ1n) is 5.84. The van der Waals surface area contributed by atoms with E-state index in [9.17, 15) is 0 Å². The molecule has 0 saturated carbocycles. The lowest BCUT2D eigenvalue weighted by Gasteiger charge is -2.26. The van der Waals surface area contributed by atoms with Crippen molar-refractivity contribution in [2.24, 2.45) is 0 Å². The van der Waals surface area contributed by atoms with Gasteiger partial charge in [-0.1, -0.05) is 13.3 Å². The van der Waals surface area contributed by atoms with Crippen LogP contribution >= 0.6 is 0 Å². The van der Waals surface area contributed by atoms with E-state index in [2.05, 4.69) is 36.5 Å². The van der Waals surface area contributed by atoms with Crippen LogP contribution in [0.15, 0.2) is 0 Å². The highest BCUT2D eigenvalue weighted by Crippen LogP contribution is 2.30. The Hall–Kier alpha value is -1.19. The van der Waals surface area contributed by atoms with Gasteiger partial charge in [-0.25, -0.2) is 4.68 Å². The lowest BCUT2D eigenvalue weighted by atomic mass is 10.1. The van der Waals surface area contributed by atoms with E-state index in [-0.39, 0.29) is 0 Å². The summed E-state index contributed by atoms with van der Waals surface area (Å²) >= 11 is 0. The number of anilines is 2. The van der Waals surface area contributed by atoms with Gasteiger partial charge in [-0.15, -0.1) is 0 Å². The highest BCUT2D eigenvalue weighted by atomic mass is 15.4. The first-order valence-corrected chi connectivity index (χ1v) is 5.84. The maximum atomic E-state index is 4.50. The predicted molar refractivity (Wildman–Crippen MR) is 63.4 cm³/mol. The Kier molecular flexibility index (Phi) is 2.84. The van der Waals surface area contributed by atoms with Crippen molar-refractivity contribution in [3.05, 3.63) is 5.69 Å². The molecule has 0 bridgehead atoms. The monoisotopic (exact) mass is 208 g/mol. The Bertz CT molecular complexity index is 343. The van der Waals surface area contributed by atoms with Crippen LogP contribution in [0.1, 0.15) is 32.4 Å². The molecule has 0 fully saturated rings. The van der Waals surface area contributed by atoms with Crippen molar-refractivity contribution >= 4 is 11.5 Å². The van der Waals surface area contributed by atoms with E-state index in [1.54, 1.807) is 0 Å². The summed E-state index contributed by atoms with van der Waals surface area (Å²) in [4.78, 5) is 0. The summed E-state index contributed by atoms with van der Waals surface area (Å²) in [5, 5.41) is 11.5. The number of rotatable bonds is 3. The normalized spacial score (nSPS) is 19.3. The molecule has 2 N–H and O–H groups in total. The van der Waals surface area contributed by atoms with Crippen molar-refractivity contribution in [1.29, 1.82) is 0 Å². The zero-order chi connectivity index (χ0) is 10.8. The van der Waals surface area contributed by atoms with Crippen molar-refractivity contribution in [3.8, 4) is 0 Å². The fourth-order valence-corrected chi connectivity index (χ4v) is 2.16. The molecule has 1 aromatic heterocycles. The third-order valence-corrected chi connectivity index (χ3v) is 2.93. The Morgan fingerprint density at radius 3 is 2.93 bits per heavy atom. The number of nitrogens with one attached hydrogen (secondary N) is 2. The summed E-state index contributed by atoms with van der Waals surface area (Å²) in [7, 11) is 0. The molecular formula is C11H20N4. The molecule has 0 amide bonds. The topological polar surface area (TPSA) is 41.9 Å². The lowest BCUT2D eigenvalue weighted by molar-refractivity contribution is 0.617. The Morgan fingerprint density at radius 2 is 2.27 bits per heavy atom. The largest absolute Gasteiger partial charge is 0.378 e. The summed E-state index contributed by atoms with van der Waals surface area (Å²) in [6.45, 7) is 8.33. The van der Waals surface area contributed by atoms with Gasteiger partial charge in [0.1, 0.15) is 11.5 Å². The van der Waals surface area contributed by atoms with Crippen LogP contribution in [0.3, 0.4) is 0 Å². The molecule has 4 nitrogen and oxygen atoms in total. The van der Waals surface area contributed by atoms with Crippen molar-refractivity contribution < 1.29 is 0 Å². The molecule has 2 rings (SSSR count). The van der Waals surface area contributed by atoms with Crippen molar-refractivity contribution in [2.75, 3.05) is 17.2 Å². The third kappa shape index (κ3) is 1.80. The summed E-state index contributed by atoms with van der Waals surface area (Å²) in [5.41, 5.74) is 2.28. The molecule has 1 atom stereocenters. The van der Waals surface area contributed by atoms with Crippen molar-refractivity contribution in [2.45, 2.75) is 46.2 Å². The maximum Gasteiger partial charge on any atom is 0.148 e. The van der Waals surface area contributed by atoms with Crippen LogP contribution in [-0.4, -0.2) is 22.4 Å². The molecule has 0 spiro atoms. The number of fused-ring (bicyclic) bond motifs is 1. The summed E-state index contributed by atoms with van der Waals surface area (Å²) in [6.07, 6.45) is 2.42. The van der Waals surface area contributed by atoms with E-state index in [1.165, 1.54) is 24.3 Å². The summed E-state index contributed by atoms with van der Waals surface area (Å²) in [5.74, 6) is 1.17. The second-order valence-electron chi connectivity index (χ2n) is 4.14. The third-order valence-electron chi connectivity index (χ3n) is 2.93. The molecule has 0 aliphatic carbocycles. The fourth-order valence-electron chi connectivity index (χ4n) is 2.16. The van der Waals surface area contributed by atoms with Gasteiger partial charge < -0.3 is 10.6 Å². The Balaban J connectivity index is 2.23. The van der Waals surface area contributed by atoms with E-state index in [0.717, 1.165) is 18.8 Å². The van der Waals surface area contributed by atoms with Crippen molar-refractivity contribution in [3.63, 3.8) is 0 Å². The summed E-state index contributed by atoms with van der Waals surface area (Å²) in [6, 6.07) is 0.545. The van der Waals surface area contributed by atoms with E-state index in [1.807, 2.05) is 4.68 Å². The zero-order valence-corrected chi connectivity index (χ0v) is 9.80. The number of hydrogen-bond acceptors (Lipinski definition) is 3. The lowest BCUT2D eigenvalue weighted by Crippen LogP contribution is -2.33. The minimum atomic E-state index is 0.545. The smallest absolute Gasteiger partial charge is 0.148 e. The minimum absolute atomic E-state index is 0.545. The van der Waals surface area contributed by atoms with Crippen LogP contribution in [0.25, 0.3) is 0 Å². The quantitative estimate of drug-likeness (QED) is 0.800. The van der Waals surface area contributed by atoms with Gasteiger partial charge in [0, 0.05) is 19.1 Å². The molecule has 0 radical (unpaired) electrons. The molecule has 4 heteroatoms. The first kappa shape index (κ1) is 10.3. The van der Waals surface area contributed by atoms with Gasteiger partial charge in [-0.3, -0.25) is 0 Å². The van der Waals surface area contributed by atoms with Gasteiger partial charge >= 0.3 is 0 Å². The minimum Gasteiger partial charge on any atom is -0.378 e. The van der Waals surface area contributed by atoms with Crippen LogP contribution in [-0.2, 0) is 6.54 Å². The molecule has 15 heavy (non-hydrogen) atoms. The van der Waals surface area contributed by atoms with Crippen LogP contribution in [0.5, 0.6) is 0 Å². The maximum absolute atomic E-state index is 4.50.